The zero-order valence-electron chi connectivity index (χ0n) is 48.6. The van der Waals surface area contributed by atoms with Crippen LogP contribution in [0.1, 0.15) is 147 Å². The Hall–Kier alpha value is -8.06. The van der Waals surface area contributed by atoms with E-state index in [-0.39, 0.29) is 49.0 Å². The van der Waals surface area contributed by atoms with Crippen LogP contribution < -0.4 is 0 Å². The lowest BCUT2D eigenvalue weighted by Gasteiger charge is -2.27. The second kappa shape index (κ2) is 36.5. The van der Waals surface area contributed by atoms with Gasteiger partial charge < -0.3 is 28.4 Å². The van der Waals surface area contributed by atoms with Gasteiger partial charge in [0.1, 0.15) is 0 Å². The molecule has 1 aliphatic carbocycles. The van der Waals surface area contributed by atoms with Gasteiger partial charge in [-0.25, -0.2) is 28.8 Å². The number of aryl methyl sites for hydroxylation is 1. The highest BCUT2D eigenvalue weighted by Gasteiger charge is 2.26. The number of rotatable bonds is 21. The fourth-order valence-electron chi connectivity index (χ4n) is 8.28. The van der Waals surface area contributed by atoms with Crippen molar-refractivity contribution in [3.8, 4) is 11.1 Å². The summed E-state index contributed by atoms with van der Waals surface area (Å²) in [7, 11) is 0. The van der Waals surface area contributed by atoms with Crippen molar-refractivity contribution in [2.45, 2.75) is 86.0 Å². The highest BCUT2D eigenvalue weighted by Crippen LogP contribution is 2.31. The third kappa shape index (κ3) is 23.7. The number of unbranched alkanes of at least 4 members (excludes halogenated alkanes) is 2. The van der Waals surface area contributed by atoms with Crippen molar-refractivity contribution in [3.63, 3.8) is 0 Å². The molecule has 8 rings (SSSR count). The topological polar surface area (TPSA) is 158 Å². The first-order valence-electron chi connectivity index (χ1n) is 28.4. The minimum atomic E-state index is -0.463. The molecular formula is C70H76Cl2O12. The summed E-state index contributed by atoms with van der Waals surface area (Å²) in [6, 6.07) is 55.6. The number of halogens is 2. The zero-order chi connectivity index (χ0) is 60.5. The van der Waals surface area contributed by atoms with Gasteiger partial charge in [0.05, 0.1) is 73.0 Å². The maximum Gasteiger partial charge on any atom is 0.338 e. The Bertz CT molecular complexity index is 2940. The van der Waals surface area contributed by atoms with Crippen LogP contribution in [0, 0.1) is 24.2 Å². The lowest BCUT2D eigenvalue weighted by Crippen LogP contribution is -2.28. The molecule has 0 heterocycles. The van der Waals surface area contributed by atoms with E-state index in [1.54, 1.807) is 103 Å². The van der Waals surface area contributed by atoms with E-state index in [0.717, 1.165) is 62.0 Å². The summed E-state index contributed by atoms with van der Waals surface area (Å²) in [6.45, 7) is 11.8. The SMILES string of the molecule is CC(C)(COC(=O)c1ccccc1)COC(=O)c1ccccc1.CCCCOC(=O)c1ccccc1-c1ccccc1C(=O)OCCCC.Cc1ccc(Cl)cc1Cl.O=C(OCC1CCC(COC(=O)c2ccccc2)CC1)c1ccccc1. The summed E-state index contributed by atoms with van der Waals surface area (Å²) in [4.78, 5) is 72.7. The molecule has 0 saturated heterocycles. The van der Waals surface area contributed by atoms with Crippen LogP contribution in [0.2, 0.25) is 10.0 Å². The standard InChI is InChI=1S/C22H24O4.C22H26O4.C19H20O4.C7H6Cl2/c23-21(19-7-3-1-4-8-19)25-15-17-11-13-18(14-12-17)16-26-22(24)20-9-5-2-6-10-20;1-3-5-15-25-21(23)19-13-9-7-11-17(19)18-12-8-10-14-20(18)22(24)26-16-6-4-2;1-19(2,13-22-17(20)15-9-5-3-6-10-15)14-23-18(21)16-11-7-4-8-12-16;1-5-2-3-6(8)4-7(5)9/h1-10,17-18H,11-16H2;7-14H,3-6,15-16H2,1-2H3;3-12H,13-14H2,1-2H3;2-4H,1H3. The summed E-state index contributed by atoms with van der Waals surface area (Å²) in [5, 5.41) is 1.41. The molecule has 0 bridgehead atoms. The minimum Gasteiger partial charge on any atom is -0.462 e. The molecule has 0 radical (unpaired) electrons. The normalized spacial score (nSPS) is 13.3. The average molecular weight is 1180 g/mol. The number of benzene rings is 7. The third-order valence-corrected chi connectivity index (χ3v) is 13.9. The Labute approximate surface area is 504 Å². The molecule has 1 saturated carbocycles. The van der Waals surface area contributed by atoms with Gasteiger partial charge in [-0.05, 0) is 147 Å². The number of carbonyl (C=O) groups is 6. The first kappa shape index (κ1) is 66.7. The molecule has 0 aliphatic heterocycles. The third-order valence-electron chi connectivity index (χ3n) is 13.3. The van der Waals surface area contributed by atoms with Gasteiger partial charge in [-0.1, -0.05) is 179 Å². The van der Waals surface area contributed by atoms with E-state index in [0.29, 0.717) is 87.8 Å². The van der Waals surface area contributed by atoms with Crippen LogP contribution in [-0.4, -0.2) is 75.5 Å². The maximum absolute atomic E-state index is 12.5. The first-order chi connectivity index (χ1) is 40.6. The summed E-state index contributed by atoms with van der Waals surface area (Å²) in [5.74, 6) is -1.24. The molecule has 442 valence electrons. The Morgan fingerprint density at radius 1 is 0.417 bits per heavy atom. The Balaban J connectivity index is 0.000000214. The minimum absolute atomic E-state index is 0.169. The molecule has 1 aliphatic rings. The van der Waals surface area contributed by atoms with Crippen molar-refractivity contribution in [2.24, 2.45) is 17.3 Å². The molecule has 7 aromatic carbocycles. The average Bonchev–Trinajstić information content (AvgIpc) is 3.70. The predicted molar refractivity (Wildman–Crippen MR) is 330 cm³/mol. The molecule has 7 aromatic rings. The molecule has 0 aromatic heterocycles. The lowest BCUT2D eigenvalue weighted by atomic mass is 9.83. The van der Waals surface area contributed by atoms with Gasteiger partial charge in [0.2, 0.25) is 0 Å². The van der Waals surface area contributed by atoms with Crippen molar-refractivity contribution in [2.75, 3.05) is 39.6 Å². The number of hydrogen-bond acceptors (Lipinski definition) is 12. The van der Waals surface area contributed by atoms with E-state index in [1.165, 1.54) is 0 Å². The molecule has 0 spiro atoms. The van der Waals surface area contributed by atoms with Gasteiger partial charge in [0, 0.05) is 15.5 Å². The van der Waals surface area contributed by atoms with Crippen LogP contribution in [0.4, 0.5) is 0 Å². The predicted octanol–water partition coefficient (Wildman–Crippen LogP) is 16.8. The Morgan fingerprint density at radius 3 is 1.06 bits per heavy atom. The van der Waals surface area contributed by atoms with E-state index < -0.39 is 5.41 Å². The lowest BCUT2D eigenvalue weighted by molar-refractivity contribution is 0.00607. The molecule has 12 nitrogen and oxygen atoms in total. The summed E-state index contributed by atoms with van der Waals surface area (Å²) < 4.78 is 32.2. The molecule has 0 atom stereocenters. The van der Waals surface area contributed by atoms with Gasteiger partial charge in [-0.15, -0.1) is 0 Å². The van der Waals surface area contributed by atoms with Gasteiger partial charge in [-0.2, -0.15) is 0 Å². The highest BCUT2D eigenvalue weighted by atomic mass is 35.5. The van der Waals surface area contributed by atoms with Crippen LogP contribution >= 0.6 is 23.2 Å². The highest BCUT2D eigenvalue weighted by molar-refractivity contribution is 6.35. The van der Waals surface area contributed by atoms with Crippen LogP contribution in [0.3, 0.4) is 0 Å². The summed E-state index contributed by atoms with van der Waals surface area (Å²) in [5.41, 5.74) is 5.05. The van der Waals surface area contributed by atoms with E-state index in [1.807, 2.05) is 120 Å². The molecule has 84 heavy (non-hydrogen) atoms. The fourth-order valence-corrected chi connectivity index (χ4v) is 8.69. The number of hydrogen-bond donors (Lipinski definition) is 0. The van der Waals surface area contributed by atoms with E-state index in [4.69, 9.17) is 51.6 Å². The van der Waals surface area contributed by atoms with Crippen LogP contribution in [0.25, 0.3) is 11.1 Å². The summed E-state index contributed by atoms with van der Waals surface area (Å²) in [6.07, 6.45) is 7.56. The van der Waals surface area contributed by atoms with Crippen molar-refractivity contribution in [1.29, 1.82) is 0 Å². The molecule has 14 heteroatoms. The molecule has 0 unspecified atom stereocenters. The number of carbonyl (C=O) groups excluding carboxylic acids is 6. The smallest absolute Gasteiger partial charge is 0.338 e. The Kier molecular flexibility index (Phi) is 29.0. The van der Waals surface area contributed by atoms with Gasteiger partial charge in [-0.3, -0.25) is 0 Å². The van der Waals surface area contributed by atoms with E-state index in [2.05, 4.69) is 0 Å². The number of ether oxygens (including phenoxy) is 6. The van der Waals surface area contributed by atoms with Crippen molar-refractivity contribution < 1.29 is 57.2 Å². The quantitative estimate of drug-likeness (QED) is 0.0381. The fraction of sp³-hybridized carbons (Fsp3) is 0.314. The van der Waals surface area contributed by atoms with Gasteiger partial charge >= 0.3 is 35.8 Å². The largest absolute Gasteiger partial charge is 0.462 e. The van der Waals surface area contributed by atoms with Crippen molar-refractivity contribution in [1.82, 2.24) is 0 Å². The second-order valence-corrected chi connectivity index (χ2v) is 21.7. The molecule has 1 fully saturated rings. The van der Waals surface area contributed by atoms with Crippen LogP contribution in [0.5, 0.6) is 0 Å². The van der Waals surface area contributed by atoms with Gasteiger partial charge in [0.25, 0.3) is 0 Å². The Morgan fingerprint density at radius 2 is 0.738 bits per heavy atom. The van der Waals surface area contributed by atoms with E-state index >= 15 is 0 Å². The monoisotopic (exact) mass is 1180 g/mol. The first-order valence-corrected chi connectivity index (χ1v) is 29.2. The molecular weight excluding hydrogens is 1100 g/mol. The molecule has 0 amide bonds. The maximum atomic E-state index is 12.5. The number of esters is 6. The van der Waals surface area contributed by atoms with Crippen molar-refractivity contribution in [3.05, 3.63) is 237 Å². The van der Waals surface area contributed by atoms with Crippen LogP contribution in [-0.2, 0) is 28.4 Å². The molecule has 0 N–H and O–H groups in total. The van der Waals surface area contributed by atoms with Crippen molar-refractivity contribution >= 4 is 59.0 Å². The van der Waals surface area contributed by atoms with Crippen LogP contribution in [0.15, 0.2) is 188 Å². The van der Waals surface area contributed by atoms with Gasteiger partial charge in [0.15, 0.2) is 0 Å². The van der Waals surface area contributed by atoms with E-state index in [9.17, 15) is 28.8 Å². The summed E-state index contributed by atoms with van der Waals surface area (Å²) >= 11 is 11.4. The zero-order valence-corrected chi connectivity index (χ0v) is 50.1. The second-order valence-electron chi connectivity index (χ2n) is 20.8.